The van der Waals surface area contributed by atoms with Crippen molar-refractivity contribution in [1.29, 1.82) is 0 Å². The molecule has 0 aromatic heterocycles. The van der Waals surface area contributed by atoms with E-state index in [1.165, 1.54) is 0 Å². The first-order chi connectivity index (χ1) is 4.75. The molecule has 3 heteroatoms. The van der Waals surface area contributed by atoms with Crippen LogP contribution >= 0.6 is 0 Å². The van der Waals surface area contributed by atoms with Gasteiger partial charge in [-0.1, -0.05) is 0 Å². The first-order valence-corrected chi connectivity index (χ1v) is 3.27. The third-order valence-corrected chi connectivity index (χ3v) is 1.70. The number of allylic oxidation sites excluding steroid dienone is 2. The van der Waals surface area contributed by atoms with Crippen molar-refractivity contribution in [1.82, 2.24) is 5.48 Å². The normalized spacial score (nSPS) is 18.4. The highest BCUT2D eigenvalue weighted by Crippen LogP contribution is 2.19. The Labute approximate surface area is 60.0 Å². The van der Waals surface area contributed by atoms with Gasteiger partial charge >= 0.3 is 0 Å². The van der Waals surface area contributed by atoms with Gasteiger partial charge in [-0.25, -0.2) is 0 Å². The molecule has 0 bridgehead atoms. The Kier molecular flexibility index (Phi) is 2.06. The van der Waals surface area contributed by atoms with Gasteiger partial charge in [0.2, 0.25) is 0 Å². The molecule has 0 aliphatic heterocycles. The lowest BCUT2D eigenvalue weighted by atomic mass is 10.2. The van der Waals surface area contributed by atoms with Crippen molar-refractivity contribution in [2.24, 2.45) is 0 Å². The van der Waals surface area contributed by atoms with Crippen LogP contribution in [0.25, 0.3) is 0 Å². The summed E-state index contributed by atoms with van der Waals surface area (Å²) in [5.41, 5.74) is 4.41. The Morgan fingerprint density at radius 2 is 2.20 bits per heavy atom. The highest BCUT2D eigenvalue weighted by molar-refractivity contribution is 5.97. The highest BCUT2D eigenvalue weighted by Gasteiger charge is 2.18. The molecular formula is C7H11NO2. The number of hydrogen-bond acceptors (Lipinski definition) is 3. The summed E-state index contributed by atoms with van der Waals surface area (Å²) in [5.74, 6) is 0.222. The standard InChI is InChI=1S/C7H11NO2/c1-5-6(8-10-2)3-4-7(5)9/h8H,3-4H2,1-2H3. The summed E-state index contributed by atoms with van der Waals surface area (Å²) >= 11 is 0. The molecule has 0 fully saturated rings. The first-order valence-electron chi connectivity index (χ1n) is 3.27. The van der Waals surface area contributed by atoms with Crippen LogP contribution in [0.4, 0.5) is 0 Å². The van der Waals surface area contributed by atoms with Crippen LogP contribution < -0.4 is 5.48 Å². The lowest BCUT2D eigenvalue weighted by Gasteiger charge is -2.02. The molecule has 0 atom stereocenters. The lowest BCUT2D eigenvalue weighted by Crippen LogP contribution is -2.10. The van der Waals surface area contributed by atoms with Gasteiger partial charge in [-0.15, -0.1) is 0 Å². The molecule has 0 radical (unpaired) electrons. The van der Waals surface area contributed by atoms with E-state index in [-0.39, 0.29) is 5.78 Å². The van der Waals surface area contributed by atoms with E-state index in [1.54, 1.807) is 7.11 Å². The van der Waals surface area contributed by atoms with Crippen LogP contribution in [0.3, 0.4) is 0 Å². The van der Waals surface area contributed by atoms with Crippen molar-refractivity contribution in [3.05, 3.63) is 11.3 Å². The average Bonchev–Trinajstić information content (AvgIpc) is 2.20. The van der Waals surface area contributed by atoms with Gasteiger partial charge in [-0.05, 0) is 13.3 Å². The number of nitrogens with one attached hydrogen (secondary N) is 1. The number of rotatable bonds is 2. The predicted octanol–water partition coefficient (Wildman–Crippen LogP) is 0.774. The second-order valence-corrected chi connectivity index (χ2v) is 2.33. The molecule has 0 unspecified atom stereocenters. The van der Waals surface area contributed by atoms with Crippen molar-refractivity contribution < 1.29 is 9.63 Å². The molecule has 56 valence electrons. The van der Waals surface area contributed by atoms with E-state index in [0.717, 1.165) is 17.7 Å². The molecule has 1 aliphatic rings. The van der Waals surface area contributed by atoms with E-state index < -0.39 is 0 Å². The maximum atomic E-state index is 10.9. The Morgan fingerprint density at radius 1 is 1.50 bits per heavy atom. The van der Waals surface area contributed by atoms with Gasteiger partial charge in [-0.2, -0.15) is 0 Å². The number of ketones is 1. The second kappa shape index (κ2) is 2.84. The summed E-state index contributed by atoms with van der Waals surface area (Å²) < 4.78 is 0. The molecule has 0 aromatic carbocycles. The van der Waals surface area contributed by atoms with Crippen LogP contribution in [-0.2, 0) is 9.63 Å². The highest BCUT2D eigenvalue weighted by atomic mass is 16.6. The summed E-state index contributed by atoms with van der Waals surface area (Å²) in [6, 6.07) is 0. The molecule has 1 rings (SSSR count). The van der Waals surface area contributed by atoms with Gasteiger partial charge in [0.25, 0.3) is 0 Å². The van der Waals surface area contributed by atoms with Crippen LogP contribution in [0, 0.1) is 0 Å². The van der Waals surface area contributed by atoms with E-state index in [4.69, 9.17) is 0 Å². The minimum absolute atomic E-state index is 0.222. The van der Waals surface area contributed by atoms with Crippen LogP contribution in [0.5, 0.6) is 0 Å². The van der Waals surface area contributed by atoms with Crippen LogP contribution in [0.15, 0.2) is 11.3 Å². The summed E-state index contributed by atoms with van der Waals surface area (Å²) in [7, 11) is 1.54. The van der Waals surface area contributed by atoms with Gasteiger partial charge < -0.3 is 0 Å². The molecule has 0 spiro atoms. The van der Waals surface area contributed by atoms with E-state index in [2.05, 4.69) is 10.3 Å². The smallest absolute Gasteiger partial charge is 0.160 e. The van der Waals surface area contributed by atoms with Gasteiger partial charge in [0.05, 0.1) is 7.11 Å². The quantitative estimate of drug-likeness (QED) is 0.577. The van der Waals surface area contributed by atoms with Crippen LogP contribution in [0.2, 0.25) is 0 Å². The SMILES string of the molecule is CONC1=C(C)C(=O)CC1. The molecule has 1 N–H and O–H groups in total. The predicted molar refractivity (Wildman–Crippen MR) is 37.1 cm³/mol. The van der Waals surface area contributed by atoms with Gasteiger partial charge in [0.1, 0.15) is 0 Å². The number of hydrogen-bond donors (Lipinski definition) is 1. The van der Waals surface area contributed by atoms with E-state index >= 15 is 0 Å². The summed E-state index contributed by atoms with van der Waals surface area (Å²) in [6.45, 7) is 1.82. The van der Waals surface area contributed by atoms with E-state index in [0.29, 0.717) is 6.42 Å². The fraction of sp³-hybridized carbons (Fsp3) is 0.571. The molecule has 3 nitrogen and oxygen atoms in total. The third-order valence-electron chi connectivity index (χ3n) is 1.70. The molecular weight excluding hydrogens is 130 g/mol. The van der Waals surface area contributed by atoms with Gasteiger partial charge in [0.15, 0.2) is 5.78 Å². The van der Waals surface area contributed by atoms with Gasteiger partial charge in [-0.3, -0.25) is 15.1 Å². The van der Waals surface area contributed by atoms with Crippen LogP contribution in [0.1, 0.15) is 19.8 Å². The number of hydroxylamine groups is 1. The summed E-state index contributed by atoms with van der Waals surface area (Å²) in [5, 5.41) is 0. The zero-order valence-corrected chi connectivity index (χ0v) is 6.23. The lowest BCUT2D eigenvalue weighted by molar-refractivity contribution is -0.114. The summed E-state index contributed by atoms with van der Waals surface area (Å²) in [4.78, 5) is 15.6. The van der Waals surface area contributed by atoms with Crippen LogP contribution in [-0.4, -0.2) is 12.9 Å². The number of carbonyl (C=O) groups is 1. The Hall–Kier alpha value is -0.830. The Balaban J connectivity index is 2.65. The summed E-state index contributed by atoms with van der Waals surface area (Å²) in [6.07, 6.45) is 1.41. The van der Waals surface area contributed by atoms with E-state index in [9.17, 15) is 4.79 Å². The minimum Gasteiger partial charge on any atom is -0.294 e. The largest absolute Gasteiger partial charge is 0.294 e. The maximum Gasteiger partial charge on any atom is 0.160 e. The monoisotopic (exact) mass is 141 g/mol. The van der Waals surface area contributed by atoms with Crippen molar-refractivity contribution in [2.75, 3.05) is 7.11 Å². The third kappa shape index (κ3) is 1.19. The average molecular weight is 141 g/mol. The van der Waals surface area contributed by atoms with E-state index in [1.807, 2.05) is 6.92 Å². The van der Waals surface area contributed by atoms with Crippen molar-refractivity contribution in [2.45, 2.75) is 19.8 Å². The fourth-order valence-electron chi connectivity index (χ4n) is 1.03. The molecule has 10 heavy (non-hydrogen) atoms. The zero-order valence-electron chi connectivity index (χ0n) is 6.23. The Bertz CT molecular complexity index is 184. The number of Topliss-reactive ketones (excluding diaryl/α,β-unsaturated/α-hetero) is 1. The second-order valence-electron chi connectivity index (χ2n) is 2.33. The van der Waals surface area contributed by atoms with Crippen molar-refractivity contribution >= 4 is 5.78 Å². The van der Waals surface area contributed by atoms with Crippen molar-refractivity contribution in [3.63, 3.8) is 0 Å². The Morgan fingerprint density at radius 3 is 2.60 bits per heavy atom. The molecule has 0 saturated carbocycles. The molecule has 0 saturated heterocycles. The molecule has 0 aromatic rings. The first kappa shape index (κ1) is 7.28. The van der Waals surface area contributed by atoms with Gasteiger partial charge in [0, 0.05) is 17.7 Å². The van der Waals surface area contributed by atoms with Crippen molar-refractivity contribution in [3.8, 4) is 0 Å². The fourth-order valence-corrected chi connectivity index (χ4v) is 1.03. The molecule has 1 aliphatic carbocycles. The maximum absolute atomic E-state index is 10.9. The molecule has 0 heterocycles. The zero-order chi connectivity index (χ0) is 7.56. The number of carbonyl (C=O) groups excluding carboxylic acids is 1. The molecule has 0 amide bonds. The topological polar surface area (TPSA) is 38.3 Å². The minimum atomic E-state index is 0.222.